The number of nitrogens with two attached hydrogens (primary N) is 1. The van der Waals surface area contributed by atoms with Crippen molar-refractivity contribution in [3.05, 3.63) is 47.2 Å². The zero-order valence-corrected chi connectivity index (χ0v) is 12.3. The summed E-state index contributed by atoms with van der Waals surface area (Å²) in [5.74, 6) is 7.27. The monoisotopic (exact) mass is 292 g/mol. The number of nitrogens with one attached hydrogen (secondary N) is 1. The minimum atomic E-state index is -0.233. The molecule has 0 amide bonds. The van der Waals surface area contributed by atoms with Crippen LogP contribution in [0.3, 0.4) is 0 Å². The van der Waals surface area contributed by atoms with Crippen molar-refractivity contribution in [1.29, 1.82) is 0 Å². The number of hydrogen-bond acceptors (Lipinski definition) is 5. The van der Waals surface area contributed by atoms with Crippen molar-refractivity contribution in [1.82, 2.24) is 9.97 Å². The lowest BCUT2D eigenvalue weighted by Gasteiger charge is -2.11. The Kier molecular flexibility index (Phi) is 4.92. The maximum atomic E-state index is 12.8. The van der Waals surface area contributed by atoms with E-state index in [9.17, 15) is 4.39 Å². The average molecular weight is 292 g/mol. The SMILES string of the molecule is CCc1c(C)nc(CSc2ccc(F)cc2)nc1NN. The molecule has 0 aliphatic heterocycles. The summed E-state index contributed by atoms with van der Waals surface area (Å²) in [6.45, 7) is 3.99. The molecule has 1 aromatic carbocycles. The van der Waals surface area contributed by atoms with E-state index in [-0.39, 0.29) is 5.82 Å². The van der Waals surface area contributed by atoms with Crippen LogP contribution in [0.4, 0.5) is 10.2 Å². The molecule has 0 saturated heterocycles. The van der Waals surface area contributed by atoms with Gasteiger partial charge in [0.25, 0.3) is 0 Å². The minimum Gasteiger partial charge on any atom is -0.308 e. The zero-order valence-electron chi connectivity index (χ0n) is 11.5. The topological polar surface area (TPSA) is 63.8 Å². The van der Waals surface area contributed by atoms with Gasteiger partial charge in [-0.1, -0.05) is 6.92 Å². The van der Waals surface area contributed by atoms with Crippen LogP contribution in [-0.4, -0.2) is 9.97 Å². The summed E-state index contributed by atoms with van der Waals surface area (Å²) in [5.41, 5.74) is 4.59. The molecule has 0 aliphatic carbocycles. The van der Waals surface area contributed by atoms with E-state index < -0.39 is 0 Å². The van der Waals surface area contributed by atoms with Gasteiger partial charge < -0.3 is 5.43 Å². The van der Waals surface area contributed by atoms with E-state index in [1.807, 2.05) is 13.8 Å². The number of aryl methyl sites for hydroxylation is 1. The van der Waals surface area contributed by atoms with Gasteiger partial charge in [-0.3, -0.25) is 0 Å². The molecule has 6 heteroatoms. The Balaban J connectivity index is 2.13. The largest absolute Gasteiger partial charge is 0.308 e. The van der Waals surface area contributed by atoms with Crippen molar-refractivity contribution in [3.8, 4) is 0 Å². The number of anilines is 1. The number of hydrogen-bond donors (Lipinski definition) is 2. The first-order chi connectivity index (χ1) is 9.63. The van der Waals surface area contributed by atoms with Gasteiger partial charge in [0.2, 0.25) is 0 Å². The van der Waals surface area contributed by atoms with Gasteiger partial charge in [0, 0.05) is 16.2 Å². The first-order valence-electron chi connectivity index (χ1n) is 6.35. The summed E-state index contributed by atoms with van der Waals surface area (Å²) in [5, 5.41) is 0. The molecular formula is C14H17FN4S. The molecule has 0 fully saturated rings. The van der Waals surface area contributed by atoms with Crippen molar-refractivity contribution in [2.45, 2.75) is 30.9 Å². The van der Waals surface area contributed by atoms with E-state index >= 15 is 0 Å². The molecule has 4 nitrogen and oxygen atoms in total. The highest BCUT2D eigenvalue weighted by molar-refractivity contribution is 7.98. The molecule has 0 atom stereocenters. The van der Waals surface area contributed by atoms with Crippen molar-refractivity contribution in [2.24, 2.45) is 5.84 Å². The first kappa shape index (κ1) is 14.7. The molecule has 2 aromatic rings. The molecule has 20 heavy (non-hydrogen) atoms. The number of benzene rings is 1. The summed E-state index contributed by atoms with van der Waals surface area (Å²) in [6, 6.07) is 6.38. The molecule has 0 aliphatic rings. The van der Waals surface area contributed by atoms with E-state index in [1.54, 1.807) is 23.9 Å². The van der Waals surface area contributed by atoms with Crippen molar-refractivity contribution in [3.63, 3.8) is 0 Å². The van der Waals surface area contributed by atoms with Crippen molar-refractivity contribution in [2.75, 3.05) is 5.43 Å². The third kappa shape index (κ3) is 3.46. The highest BCUT2D eigenvalue weighted by Gasteiger charge is 2.09. The molecular weight excluding hydrogens is 275 g/mol. The summed E-state index contributed by atoms with van der Waals surface area (Å²) < 4.78 is 12.8. The number of nitrogens with zero attached hydrogens (tertiary/aromatic N) is 2. The minimum absolute atomic E-state index is 0.233. The van der Waals surface area contributed by atoms with Crippen LogP contribution in [-0.2, 0) is 12.2 Å². The molecule has 1 aromatic heterocycles. The Morgan fingerprint density at radius 1 is 1.25 bits per heavy atom. The van der Waals surface area contributed by atoms with Gasteiger partial charge in [0.15, 0.2) is 0 Å². The zero-order chi connectivity index (χ0) is 14.5. The molecule has 0 bridgehead atoms. The fraction of sp³-hybridized carbons (Fsp3) is 0.286. The summed E-state index contributed by atoms with van der Waals surface area (Å²) >= 11 is 1.56. The van der Waals surface area contributed by atoms with Crippen LogP contribution >= 0.6 is 11.8 Å². The van der Waals surface area contributed by atoms with Gasteiger partial charge in [0.05, 0.1) is 5.75 Å². The number of rotatable bonds is 5. The second-order valence-electron chi connectivity index (χ2n) is 4.29. The Hall–Kier alpha value is -1.66. The Bertz CT molecular complexity index is 586. The number of hydrazine groups is 1. The van der Waals surface area contributed by atoms with Gasteiger partial charge in [-0.2, -0.15) is 0 Å². The van der Waals surface area contributed by atoms with Crippen LogP contribution in [0.25, 0.3) is 0 Å². The third-order valence-corrected chi connectivity index (χ3v) is 3.94. The smallest absolute Gasteiger partial charge is 0.147 e. The van der Waals surface area contributed by atoms with Gasteiger partial charge >= 0.3 is 0 Å². The molecule has 3 N–H and O–H groups in total. The maximum Gasteiger partial charge on any atom is 0.147 e. The number of aromatic nitrogens is 2. The second kappa shape index (κ2) is 6.67. The summed E-state index contributed by atoms with van der Waals surface area (Å²) in [7, 11) is 0. The Morgan fingerprint density at radius 2 is 1.95 bits per heavy atom. The summed E-state index contributed by atoms with van der Waals surface area (Å²) in [4.78, 5) is 9.88. The van der Waals surface area contributed by atoms with Crippen LogP contribution in [0.15, 0.2) is 29.2 Å². The number of nitrogen functional groups attached to an aromatic ring is 1. The predicted molar refractivity (Wildman–Crippen MR) is 79.9 cm³/mol. The first-order valence-corrected chi connectivity index (χ1v) is 7.34. The fourth-order valence-electron chi connectivity index (χ4n) is 1.94. The molecule has 0 radical (unpaired) electrons. The molecule has 0 unspecified atom stereocenters. The van der Waals surface area contributed by atoms with Crippen LogP contribution in [0, 0.1) is 12.7 Å². The molecule has 0 spiro atoms. The molecule has 2 rings (SSSR count). The van der Waals surface area contributed by atoms with Crippen LogP contribution < -0.4 is 11.3 Å². The van der Waals surface area contributed by atoms with Crippen molar-refractivity contribution >= 4 is 17.6 Å². The van der Waals surface area contributed by atoms with E-state index in [2.05, 4.69) is 15.4 Å². The van der Waals surface area contributed by atoms with Gasteiger partial charge in [-0.05, 0) is 37.6 Å². The molecule has 106 valence electrons. The van der Waals surface area contributed by atoms with E-state index in [0.29, 0.717) is 17.4 Å². The lowest BCUT2D eigenvalue weighted by atomic mass is 10.2. The predicted octanol–water partition coefficient (Wildman–Crippen LogP) is 3.06. The highest BCUT2D eigenvalue weighted by Crippen LogP contribution is 2.23. The lowest BCUT2D eigenvalue weighted by molar-refractivity contribution is 0.626. The number of thioether (sulfide) groups is 1. The Labute approximate surface area is 122 Å². The standard InChI is InChI=1S/C14H17FN4S/c1-3-12-9(2)17-13(18-14(12)19-16)8-20-11-6-4-10(15)5-7-11/h4-7H,3,8,16H2,1-2H3,(H,17,18,19). The van der Waals surface area contributed by atoms with Crippen molar-refractivity contribution < 1.29 is 4.39 Å². The lowest BCUT2D eigenvalue weighted by Crippen LogP contribution is -2.14. The van der Waals surface area contributed by atoms with E-state index in [0.717, 1.165) is 22.6 Å². The van der Waals surface area contributed by atoms with Crippen LogP contribution in [0.5, 0.6) is 0 Å². The molecule has 0 saturated carbocycles. The van der Waals surface area contributed by atoms with Crippen LogP contribution in [0.1, 0.15) is 24.0 Å². The molecule has 1 heterocycles. The second-order valence-corrected chi connectivity index (χ2v) is 5.34. The highest BCUT2D eigenvalue weighted by atomic mass is 32.2. The van der Waals surface area contributed by atoms with Gasteiger partial charge in [0.1, 0.15) is 17.5 Å². The fourth-order valence-corrected chi connectivity index (χ4v) is 2.69. The van der Waals surface area contributed by atoms with Crippen LogP contribution in [0.2, 0.25) is 0 Å². The van der Waals surface area contributed by atoms with Gasteiger partial charge in [-0.15, -0.1) is 11.8 Å². The Morgan fingerprint density at radius 3 is 2.55 bits per heavy atom. The summed E-state index contributed by atoms with van der Waals surface area (Å²) in [6.07, 6.45) is 0.830. The quantitative estimate of drug-likeness (QED) is 0.504. The number of halogens is 1. The van der Waals surface area contributed by atoms with Gasteiger partial charge in [-0.25, -0.2) is 20.2 Å². The third-order valence-electron chi connectivity index (χ3n) is 2.93. The van der Waals surface area contributed by atoms with E-state index in [1.165, 1.54) is 12.1 Å². The van der Waals surface area contributed by atoms with E-state index in [4.69, 9.17) is 5.84 Å². The normalized spacial score (nSPS) is 10.6. The maximum absolute atomic E-state index is 12.8. The average Bonchev–Trinajstić information content (AvgIpc) is 2.46.